The Bertz CT molecular complexity index is 675. The van der Waals surface area contributed by atoms with Gasteiger partial charge >= 0.3 is 0 Å². The molecule has 0 atom stereocenters. The van der Waals surface area contributed by atoms with Crippen LogP contribution in [-0.4, -0.2) is 10.2 Å². The number of hydrogen-bond donors (Lipinski definition) is 0. The minimum Gasteiger partial charge on any atom is -0.310 e. The molecule has 0 saturated heterocycles. The first-order chi connectivity index (χ1) is 8.29. The number of aryl methyl sites for hydroxylation is 3. The molecule has 2 heterocycles. The van der Waals surface area contributed by atoms with Gasteiger partial charge in [-0.3, -0.25) is 4.79 Å². The molecule has 0 aromatic carbocycles. The molecule has 0 spiro atoms. The fourth-order valence-electron chi connectivity index (χ4n) is 2.91. The summed E-state index contributed by atoms with van der Waals surface area (Å²) in [6, 6.07) is 0. The summed E-state index contributed by atoms with van der Waals surface area (Å²) in [4.78, 5) is 11.9. The number of Topliss-reactive ketones (excluding diaryl/α,β-unsaturated/α-hetero) is 1. The SMILES string of the molecule is CC(=O)c1c(C)c(C)c2c(C)c(C)c(C)c(C)n12. The van der Waals surface area contributed by atoms with Crippen LogP contribution in [0.3, 0.4) is 0 Å². The third kappa shape index (κ3) is 1.45. The molecule has 0 amide bonds. The van der Waals surface area contributed by atoms with Crippen LogP contribution >= 0.6 is 0 Å². The molecule has 0 aliphatic carbocycles. The molecule has 0 radical (unpaired) electrons. The number of fused-ring (bicyclic) bond motifs is 1. The van der Waals surface area contributed by atoms with E-state index in [0.717, 1.165) is 11.3 Å². The van der Waals surface area contributed by atoms with Crippen molar-refractivity contribution in [3.8, 4) is 0 Å². The van der Waals surface area contributed by atoms with E-state index in [2.05, 4.69) is 39.0 Å². The van der Waals surface area contributed by atoms with Gasteiger partial charge in [-0.2, -0.15) is 0 Å². The predicted octanol–water partition coefficient (Wildman–Crippen LogP) is 3.99. The van der Waals surface area contributed by atoms with Gasteiger partial charge < -0.3 is 4.40 Å². The molecule has 0 aliphatic heterocycles. The van der Waals surface area contributed by atoms with Crippen molar-refractivity contribution in [2.45, 2.75) is 48.5 Å². The Morgan fingerprint density at radius 2 is 1.28 bits per heavy atom. The van der Waals surface area contributed by atoms with Crippen LogP contribution in [0.1, 0.15) is 50.9 Å². The van der Waals surface area contributed by atoms with E-state index in [9.17, 15) is 4.79 Å². The van der Waals surface area contributed by atoms with Gasteiger partial charge in [-0.15, -0.1) is 0 Å². The van der Waals surface area contributed by atoms with Crippen LogP contribution in [0.2, 0.25) is 0 Å². The van der Waals surface area contributed by atoms with Crippen LogP contribution in [-0.2, 0) is 0 Å². The zero-order valence-electron chi connectivity index (χ0n) is 12.4. The van der Waals surface area contributed by atoms with Gasteiger partial charge in [0.2, 0.25) is 0 Å². The second-order valence-corrected chi connectivity index (χ2v) is 5.30. The van der Waals surface area contributed by atoms with E-state index >= 15 is 0 Å². The predicted molar refractivity (Wildman–Crippen MR) is 75.8 cm³/mol. The molecule has 0 bridgehead atoms. The van der Waals surface area contributed by atoms with Crippen molar-refractivity contribution < 1.29 is 4.79 Å². The van der Waals surface area contributed by atoms with Crippen molar-refractivity contribution >= 4 is 11.3 Å². The molecule has 18 heavy (non-hydrogen) atoms. The number of carbonyl (C=O) groups excluding carboxylic acids is 1. The second-order valence-electron chi connectivity index (χ2n) is 5.30. The van der Waals surface area contributed by atoms with Gasteiger partial charge in [0.05, 0.1) is 11.2 Å². The van der Waals surface area contributed by atoms with Gasteiger partial charge in [0.25, 0.3) is 0 Å². The maximum atomic E-state index is 11.9. The summed E-state index contributed by atoms with van der Waals surface area (Å²) < 4.78 is 2.14. The number of hydrogen-bond acceptors (Lipinski definition) is 1. The highest BCUT2D eigenvalue weighted by atomic mass is 16.1. The van der Waals surface area contributed by atoms with Crippen molar-refractivity contribution in [2.24, 2.45) is 0 Å². The molecule has 2 aromatic heterocycles. The highest BCUT2D eigenvalue weighted by Crippen LogP contribution is 2.31. The van der Waals surface area contributed by atoms with Crippen LogP contribution in [0.5, 0.6) is 0 Å². The van der Waals surface area contributed by atoms with Crippen LogP contribution in [0.25, 0.3) is 5.52 Å². The van der Waals surface area contributed by atoms with E-state index in [0.29, 0.717) is 0 Å². The lowest BCUT2D eigenvalue weighted by molar-refractivity contribution is 0.101. The molecule has 96 valence electrons. The quantitative estimate of drug-likeness (QED) is 0.694. The van der Waals surface area contributed by atoms with Crippen LogP contribution in [0.4, 0.5) is 0 Å². The van der Waals surface area contributed by atoms with E-state index in [1.807, 2.05) is 6.92 Å². The summed E-state index contributed by atoms with van der Waals surface area (Å²) in [5.41, 5.74) is 9.45. The summed E-state index contributed by atoms with van der Waals surface area (Å²) in [5.74, 6) is 0.140. The van der Waals surface area contributed by atoms with Crippen molar-refractivity contribution in [2.75, 3.05) is 0 Å². The Morgan fingerprint density at radius 1 is 0.778 bits per heavy atom. The fourth-order valence-corrected chi connectivity index (χ4v) is 2.91. The van der Waals surface area contributed by atoms with Crippen LogP contribution in [0, 0.1) is 41.5 Å². The fraction of sp³-hybridized carbons (Fsp3) is 0.438. The zero-order chi connectivity index (χ0) is 13.8. The van der Waals surface area contributed by atoms with Gasteiger partial charge in [-0.05, 0) is 69.4 Å². The third-order valence-electron chi connectivity index (χ3n) is 4.41. The van der Waals surface area contributed by atoms with E-state index in [-0.39, 0.29) is 5.78 Å². The van der Waals surface area contributed by atoms with E-state index in [1.54, 1.807) is 6.92 Å². The third-order valence-corrected chi connectivity index (χ3v) is 4.41. The molecule has 2 rings (SSSR count). The lowest BCUT2D eigenvalue weighted by Gasteiger charge is -2.15. The topological polar surface area (TPSA) is 21.5 Å². The average Bonchev–Trinajstić information content (AvgIpc) is 2.57. The Morgan fingerprint density at radius 3 is 1.78 bits per heavy atom. The highest BCUT2D eigenvalue weighted by Gasteiger charge is 2.20. The average molecular weight is 243 g/mol. The number of pyridine rings is 1. The smallest absolute Gasteiger partial charge is 0.176 e. The highest BCUT2D eigenvalue weighted by molar-refractivity contribution is 5.97. The molecular formula is C16H21NO. The summed E-state index contributed by atoms with van der Waals surface area (Å²) in [7, 11) is 0. The second kappa shape index (κ2) is 3.98. The Labute approximate surface area is 109 Å². The minimum atomic E-state index is 0.140. The summed E-state index contributed by atoms with van der Waals surface area (Å²) in [6.07, 6.45) is 0. The number of aromatic nitrogens is 1. The van der Waals surface area contributed by atoms with Crippen LogP contribution in [0.15, 0.2) is 0 Å². The van der Waals surface area contributed by atoms with Crippen LogP contribution < -0.4 is 0 Å². The van der Waals surface area contributed by atoms with E-state index in [4.69, 9.17) is 0 Å². The minimum absolute atomic E-state index is 0.140. The maximum Gasteiger partial charge on any atom is 0.176 e. The molecule has 2 nitrogen and oxygen atoms in total. The monoisotopic (exact) mass is 243 g/mol. The molecule has 2 aromatic rings. The lowest BCUT2D eigenvalue weighted by atomic mass is 10.0. The molecule has 0 saturated carbocycles. The first kappa shape index (κ1) is 12.9. The van der Waals surface area contributed by atoms with E-state index < -0.39 is 0 Å². The maximum absolute atomic E-state index is 11.9. The number of carbonyl (C=O) groups is 1. The molecule has 0 fully saturated rings. The normalized spacial score (nSPS) is 11.3. The summed E-state index contributed by atoms with van der Waals surface area (Å²) in [6.45, 7) is 14.3. The summed E-state index contributed by atoms with van der Waals surface area (Å²) >= 11 is 0. The van der Waals surface area contributed by atoms with Gasteiger partial charge in [-0.25, -0.2) is 0 Å². The van der Waals surface area contributed by atoms with Gasteiger partial charge in [-0.1, -0.05) is 0 Å². The van der Waals surface area contributed by atoms with Crippen molar-refractivity contribution in [3.05, 3.63) is 39.2 Å². The molecule has 2 heteroatoms. The van der Waals surface area contributed by atoms with Gasteiger partial charge in [0.1, 0.15) is 0 Å². The Kier molecular flexibility index (Phi) is 2.84. The largest absolute Gasteiger partial charge is 0.310 e. The molecule has 0 N–H and O–H groups in total. The zero-order valence-corrected chi connectivity index (χ0v) is 12.4. The first-order valence-electron chi connectivity index (χ1n) is 6.37. The van der Waals surface area contributed by atoms with E-state index in [1.165, 1.54) is 33.5 Å². The van der Waals surface area contributed by atoms with Crippen molar-refractivity contribution in [3.63, 3.8) is 0 Å². The summed E-state index contributed by atoms with van der Waals surface area (Å²) in [5, 5.41) is 0. The Hall–Kier alpha value is -1.57. The lowest BCUT2D eigenvalue weighted by Crippen LogP contribution is -2.07. The van der Waals surface area contributed by atoms with Crippen molar-refractivity contribution in [1.29, 1.82) is 0 Å². The molecule has 0 unspecified atom stereocenters. The number of ketones is 1. The molecular weight excluding hydrogens is 222 g/mol. The standard InChI is InChI=1S/C16H21NO/c1-8-9(2)13(6)17-15(10(8)3)11(4)12(5)16(17)14(7)18/h1-7H3. The molecule has 0 aliphatic rings. The Balaban J connectivity index is 3.17. The van der Waals surface area contributed by atoms with Crippen molar-refractivity contribution in [1.82, 2.24) is 4.40 Å². The number of rotatable bonds is 1. The number of nitrogens with zero attached hydrogens (tertiary/aromatic N) is 1. The first-order valence-corrected chi connectivity index (χ1v) is 6.37. The van der Waals surface area contributed by atoms with Gasteiger partial charge in [0.15, 0.2) is 5.78 Å². The van der Waals surface area contributed by atoms with Gasteiger partial charge in [0, 0.05) is 12.6 Å².